The minimum Gasteiger partial charge on any atom is -0.740 e. The number of hydrogen-bond donors (Lipinski definition) is 5. The SMILES string of the molecule is Cc1ccc2nc(-c3ccc(-c4nc5ccc(S(=O)(=O)O)cc5[nH]4)o3)[nH]c2c1.O=S([O-])Oc1ccc2nc(-c3ccc(-c4nc5ccc(S(=O)(=O)O)cc5n4Cc4ccccc4)cc3)n(Cc3ccccc3)c2c1.O=S([O-])Oc1ccc2nc(-c3ccc(-c4nc5ccc(S(=O)(=O)O)cc5n4Cc4ccccc4)o3)n(Cc3ccccc3)c2c1. The molecule has 0 amide bonds. The Labute approximate surface area is 681 Å². The van der Waals surface area contributed by atoms with Gasteiger partial charge in [0.2, 0.25) is 0 Å². The number of H-pyrrole nitrogens is 2. The number of fused-ring (bicyclic) bond motifs is 6. The predicted octanol–water partition coefficient (Wildman–Crippen LogP) is 16.0. The molecule has 19 aromatic rings. The molecule has 0 aliphatic rings. The maximum atomic E-state index is 12.0. The Balaban J connectivity index is 0.000000131. The highest BCUT2D eigenvalue weighted by Crippen LogP contribution is 2.38. The van der Waals surface area contributed by atoms with E-state index in [0.29, 0.717) is 139 Å². The number of aromatic nitrogens is 12. The van der Waals surface area contributed by atoms with Gasteiger partial charge in [0.1, 0.15) is 45.9 Å². The molecule has 34 heteroatoms. The Morgan fingerprint density at radius 2 is 0.647 bits per heavy atom. The van der Waals surface area contributed by atoms with Crippen molar-refractivity contribution in [1.82, 2.24) is 58.1 Å². The third-order valence-corrected chi connectivity index (χ3v) is 22.7. The Morgan fingerprint density at radius 1 is 0.345 bits per heavy atom. The molecule has 0 aliphatic carbocycles. The number of imidazole rings is 6. The smallest absolute Gasteiger partial charge is 0.294 e. The van der Waals surface area contributed by atoms with Gasteiger partial charge in [-0.2, -0.15) is 25.3 Å². The second-order valence-electron chi connectivity index (χ2n) is 27.4. The van der Waals surface area contributed by atoms with Gasteiger partial charge in [0.15, 0.2) is 46.3 Å². The zero-order chi connectivity index (χ0) is 82.4. The van der Waals surface area contributed by atoms with Crippen LogP contribution in [0, 0.1) is 6.92 Å². The highest BCUT2D eigenvalue weighted by molar-refractivity contribution is 7.86. The lowest BCUT2D eigenvalue weighted by Crippen LogP contribution is -2.04. The molecule has 0 radical (unpaired) electrons. The van der Waals surface area contributed by atoms with Crippen LogP contribution in [0.4, 0.5) is 0 Å². The molecule has 0 bridgehead atoms. The van der Waals surface area contributed by atoms with Crippen molar-refractivity contribution in [3.63, 3.8) is 0 Å². The highest BCUT2D eigenvalue weighted by Gasteiger charge is 2.26. The summed E-state index contributed by atoms with van der Waals surface area (Å²) in [6, 6.07) is 82.3. The Morgan fingerprint density at radius 3 is 1.02 bits per heavy atom. The molecule has 5 N–H and O–H groups in total. The number of hydrogen-bond acceptors (Lipinski definition) is 20. The normalized spacial score (nSPS) is 12.5. The average Bonchev–Trinajstić information content (AvgIpc) is 1.60. The summed E-state index contributed by atoms with van der Waals surface area (Å²) in [5, 5.41) is 0. The van der Waals surface area contributed by atoms with Crippen molar-refractivity contribution >= 4 is 119 Å². The van der Waals surface area contributed by atoms with Crippen LogP contribution in [0.15, 0.2) is 303 Å². The molecular formula is C85H62N12O17S5-2. The fourth-order valence-electron chi connectivity index (χ4n) is 14.0. The first-order valence-corrected chi connectivity index (χ1v) is 42.6. The van der Waals surface area contributed by atoms with Crippen molar-refractivity contribution < 1.29 is 73.6 Å². The second kappa shape index (κ2) is 32.1. The monoisotopic (exact) mass is 1680 g/mol. The van der Waals surface area contributed by atoms with E-state index in [4.69, 9.17) is 37.1 Å². The van der Waals surface area contributed by atoms with Gasteiger partial charge >= 0.3 is 0 Å². The van der Waals surface area contributed by atoms with Crippen LogP contribution in [-0.4, -0.2) is 115 Å². The summed E-state index contributed by atoms with van der Waals surface area (Å²) in [5.41, 5.74) is 14.3. The third-order valence-electron chi connectivity index (χ3n) is 19.4. The Hall–Kier alpha value is -13.7. The van der Waals surface area contributed by atoms with Gasteiger partial charge in [-0.3, -0.25) is 13.7 Å². The summed E-state index contributed by atoms with van der Waals surface area (Å²) in [5.74, 6) is 5.54. The number of aryl methyl sites for hydroxylation is 1. The number of nitrogens with zero attached hydrogens (tertiary/aromatic N) is 10. The molecule has 2 unspecified atom stereocenters. The highest BCUT2D eigenvalue weighted by atomic mass is 32.2. The molecule has 0 saturated carbocycles. The molecule has 0 saturated heterocycles. The molecule has 0 spiro atoms. The van der Waals surface area contributed by atoms with Crippen molar-refractivity contribution in [2.24, 2.45) is 0 Å². The topological polar surface area (TPSA) is 417 Å². The van der Waals surface area contributed by atoms with E-state index in [-0.39, 0.29) is 26.2 Å². The lowest BCUT2D eigenvalue weighted by molar-refractivity contribution is 0.439. The van der Waals surface area contributed by atoms with Crippen molar-refractivity contribution in [1.29, 1.82) is 0 Å². The van der Waals surface area contributed by atoms with Gasteiger partial charge in [-0.1, -0.05) is 152 Å². The maximum Gasteiger partial charge on any atom is 0.294 e. The van der Waals surface area contributed by atoms with Crippen LogP contribution in [0.3, 0.4) is 0 Å². The van der Waals surface area contributed by atoms with Crippen LogP contribution in [0.2, 0.25) is 0 Å². The molecule has 0 fully saturated rings. The number of furan rings is 2. The molecule has 596 valence electrons. The van der Waals surface area contributed by atoms with Gasteiger partial charge in [-0.05, 0) is 150 Å². The number of aromatic amines is 2. The van der Waals surface area contributed by atoms with Gasteiger partial charge in [-0.25, -0.2) is 38.3 Å². The van der Waals surface area contributed by atoms with Crippen LogP contribution in [-0.2, 0) is 79.3 Å². The van der Waals surface area contributed by atoms with Crippen LogP contribution < -0.4 is 8.37 Å². The van der Waals surface area contributed by atoms with Crippen molar-refractivity contribution in [3.05, 3.63) is 307 Å². The summed E-state index contributed by atoms with van der Waals surface area (Å²) >= 11 is -5.45. The van der Waals surface area contributed by atoms with E-state index in [9.17, 15) is 56.4 Å². The predicted molar refractivity (Wildman–Crippen MR) is 444 cm³/mol. The fourth-order valence-corrected chi connectivity index (χ4v) is 16.0. The second-order valence-corrected chi connectivity index (χ2v) is 32.8. The van der Waals surface area contributed by atoms with Crippen LogP contribution in [0.1, 0.15) is 27.8 Å². The van der Waals surface area contributed by atoms with Crippen LogP contribution in [0.25, 0.3) is 135 Å². The van der Waals surface area contributed by atoms with Crippen molar-refractivity contribution in [2.45, 2.75) is 47.8 Å². The van der Waals surface area contributed by atoms with Crippen LogP contribution >= 0.6 is 0 Å². The maximum absolute atomic E-state index is 12.0. The largest absolute Gasteiger partial charge is 0.740 e. The molecular weight excluding hydrogens is 1620 g/mol. The quantitative estimate of drug-likeness (QED) is 0.0329. The Bertz CT molecular complexity index is 7500. The zero-order valence-electron chi connectivity index (χ0n) is 62.0. The van der Waals surface area contributed by atoms with Crippen LogP contribution in [0.5, 0.6) is 11.5 Å². The zero-order valence-corrected chi connectivity index (χ0v) is 66.0. The van der Waals surface area contributed by atoms with Gasteiger partial charge in [0, 0.05) is 49.4 Å². The number of nitrogens with one attached hydrogen (secondary N) is 2. The van der Waals surface area contributed by atoms with Gasteiger partial charge < -0.3 is 54.5 Å². The molecule has 8 heterocycles. The Kier molecular flexibility index (Phi) is 21.0. The first kappa shape index (κ1) is 77.9. The van der Waals surface area contributed by atoms with E-state index in [0.717, 1.165) is 50.0 Å². The van der Waals surface area contributed by atoms with Gasteiger partial charge in [0.05, 0.1) is 80.9 Å². The van der Waals surface area contributed by atoms with E-state index in [1.54, 1.807) is 66.7 Å². The minimum atomic E-state index is -4.44. The minimum absolute atomic E-state index is 0.149. The summed E-state index contributed by atoms with van der Waals surface area (Å²) < 4.78 is 174. The number of rotatable bonds is 21. The van der Waals surface area contributed by atoms with E-state index in [1.165, 1.54) is 48.5 Å². The summed E-state index contributed by atoms with van der Waals surface area (Å²) in [6.45, 7) is 3.70. The van der Waals surface area contributed by atoms with Gasteiger partial charge in [-0.15, -0.1) is 0 Å². The first-order chi connectivity index (χ1) is 57.3. The molecule has 8 aromatic heterocycles. The van der Waals surface area contributed by atoms with Crippen molar-refractivity contribution in [2.75, 3.05) is 0 Å². The number of benzene rings is 11. The molecule has 19 rings (SSSR count). The molecule has 0 aliphatic heterocycles. The third kappa shape index (κ3) is 16.9. The lowest BCUT2D eigenvalue weighted by atomic mass is 10.1. The molecule has 11 aromatic carbocycles. The standard InChI is InChI=1S/C34H26N4O6S2.C32H24N4O7S2.C19H14N4O4S/c39-45(40)44-27-15-17-29-31(19-27)37(21-23-7-3-1-4-8-23)33(35-29)25-11-13-26(14-12-25)34-36-30-18-16-28(46(41,42)43)20-32(30)38(34)22-24-9-5-2-6-10-24;37-44(38)43-23-11-13-25-27(17-23)35(19-21-7-3-1-4-8-21)31(33-25)29-15-16-30(42-29)32-34-26-14-12-24(45(39,40)41)18-28(26)36(32)20-22-9-5-2-6-10-22;1-10-2-4-12-14(8-10)22-18(20-12)16-6-7-17(27-16)19-21-13-5-3-11(28(24,25)26)9-15(13)23-19/h1-20H,21-22H2,(H,39,40)(H,41,42,43);1-18H,19-20H2,(H,37,38)(H,39,40,41);2-9H,1H3,(H,20,22)(H,21,23)(H,24,25,26)/p-2. The van der Waals surface area contributed by atoms with E-state index < -0.39 is 53.1 Å². The molecule has 119 heavy (non-hydrogen) atoms. The van der Waals surface area contributed by atoms with Gasteiger partial charge in [0.25, 0.3) is 30.4 Å². The van der Waals surface area contributed by atoms with E-state index >= 15 is 0 Å². The first-order valence-electron chi connectivity index (χ1n) is 36.2. The lowest BCUT2D eigenvalue weighted by Gasteiger charge is -2.12. The fraction of sp³-hybridized carbons (Fsp3) is 0.0588. The van der Waals surface area contributed by atoms with Crippen molar-refractivity contribution in [3.8, 4) is 80.6 Å². The molecule has 2 atom stereocenters. The van der Waals surface area contributed by atoms with E-state index in [1.807, 2.05) is 189 Å². The summed E-state index contributed by atoms with van der Waals surface area (Å²) in [6.07, 6.45) is 0. The summed E-state index contributed by atoms with van der Waals surface area (Å²) in [4.78, 5) is 33.9. The summed E-state index contributed by atoms with van der Waals surface area (Å²) in [7, 11) is -13.1. The average molecular weight is 1680 g/mol. The van der Waals surface area contributed by atoms with E-state index in [2.05, 4.69) is 19.9 Å². The molecule has 29 nitrogen and oxygen atoms in total.